The Kier molecular flexibility index (Phi) is 5.76. The average molecular weight is 310 g/mol. The number of anilines is 1. The fourth-order valence-electron chi connectivity index (χ4n) is 2.77. The first-order valence-electron chi connectivity index (χ1n) is 7.14. The number of thiol groups is 1. The van der Waals surface area contributed by atoms with Gasteiger partial charge in [0.2, 0.25) is 0 Å². The molecule has 2 N–H and O–H groups in total. The standard InChI is InChI=1S/C15H22N2O3S/c1-19-14-10-12(2-3-13(14)16)11-4-7-17(8-5-11)9-6-15(18)20-21/h2-3,10-11,21H,4-9,16H2,1H3. The van der Waals surface area contributed by atoms with Crippen LogP contribution in [0.1, 0.15) is 30.7 Å². The van der Waals surface area contributed by atoms with Crippen LogP contribution in [-0.2, 0) is 8.98 Å². The molecule has 1 aromatic rings. The summed E-state index contributed by atoms with van der Waals surface area (Å²) in [7, 11) is 1.64. The number of nitrogens with zero attached hydrogens (tertiary/aromatic N) is 1. The maximum atomic E-state index is 11.1. The van der Waals surface area contributed by atoms with Crippen LogP contribution < -0.4 is 10.5 Å². The van der Waals surface area contributed by atoms with Crippen LogP contribution in [0.25, 0.3) is 0 Å². The van der Waals surface area contributed by atoms with Crippen LogP contribution in [0.2, 0.25) is 0 Å². The third kappa shape index (κ3) is 4.28. The van der Waals surface area contributed by atoms with Gasteiger partial charge in [-0.3, -0.25) is 4.79 Å². The minimum absolute atomic E-state index is 0.274. The molecule has 0 bridgehead atoms. The van der Waals surface area contributed by atoms with Crippen molar-refractivity contribution in [3.8, 4) is 5.75 Å². The lowest BCUT2D eigenvalue weighted by atomic mass is 9.89. The van der Waals surface area contributed by atoms with E-state index in [2.05, 4.69) is 28.1 Å². The maximum Gasteiger partial charge on any atom is 0.318 e. The second-order valence-corrected chi connectivity index (χ2v) is 5.51. The zero-order valence-electron chi connectivity index (χ0n) is 12.2. The lowest BCUT2D eigenvalue weighted by molar-refractivity contribution is -0.133. The van der Waals surface area contributed by atoms with Crippen molar-refractivity contribution in [2.24, 2.45) is 0 Å². The van der Waals surface area contributed by atoms with Gasteiger partial charge in [0.05, 0.1) is 19.2 Å². The van der Waals surface area contributed by atoms with E-state index in [4.69, 9.17) is 10.5 Å². The second kappa shape index (κ2) is 7.56. The molecule has 0 aromatic heterocycles. The van der Waals surface area contributed by atoms with Crippen LogP contribution in [0.3, 0.4) is 0 Å². The molecule has 2 rings (SSSR count). The van der Waals surface area contributed by atoms with Gasteiger partial charge in [-0.15, -0.1) is 0 Å². The van der Waals surface area contributed by atoms with Crippen LogP contribution in [0.15, 0.2) is 18.2 Å². The van der Waals surface area contributed by atoms with E-state index in [0.29, 0.717) is 18.0 Å². The Balaban J connectivity index is 1.87. The number of nitrogen functional groups attached to an aromatic ring is 1. The van der Waals surface area contributed by atoms with Crippen molar-refractivity contribution in [1.29, 1.82) is 0 Å². The first-order valence-corrected chi connectivity index (χ1v) is 7.50. The number of nitrogens with two attached hydrogens (primary N) is 1. The Morgan fingerprint density at radius 3 is 2.76 bits per heavy atom. The lowest BCUT2D eigenvalue weighted by Gasteiger charge is -2.32. The molecule has 1 aliphatic heterocycles. The minimum Gasteiger partial charge on any atom is -0.495 e. The van der Waals surface area contributed by atoms with Crippen molar-refractivity contribution >= 4 is 24.6 Å². The molecular formula is C15H22N2O3S. The first-order chi connectivity index (χ1) is 10.1. The highest BCUT2D eigenvalue weighted by Crippen LogP contribution is 2.32. The normalized spacial score (nSPS) is 16.7. The zero-order valence-corrected chi connectivity index (χ0v) is 13.1. The minimum atomic E-state index is -0.274. The van der Waals surface area contributed by atoms with Crippen LogP contribution in [0.5, 0.6) is 5.75 Å². The number of methoxy groups -OCH3 is 1. The van der Waals surface area contributed by atoms with Crippen molar-refractivity contribution in [2.45, 2.75) is 25.2 Å². The summed E-state index contributed by atoms with van der Waals surface area (Å²) in [6, 6.07) is 6.02. The van der Waals surface area contributed by atoms with E-state index < -0.39 is 0 Å². The van der Waals surface area contributed by atoms with Gasteiger partial charge in [-0.25, -0.2) is 0 Å². The zero-order chi connectivity index (χ0) is 15.2. The van der Waals surface area contributed by atoms with Gasteiger partial charge in [0.25, 0.3) is 0 Å². The number of likely N-dealkylation sites (tertiary alicyclic amines) is 1. The van der Waals surface area contributed by atoms with E-state index in [1.54, 1.807) is 7.11 Å². The number of rotatable bonds is 5. The predicted molar refractivity (Wildman–Crippen MR) is 85.5 cm³/mol. The monoisotopic (exact) mass is 310 g/mol. The summed E-state index contributed by atoms with van der Waals surface area (Å²) in [4.78, 5) is 13.4. The first kappa shape index (κ1) is 16.0. The smallest absolute Gasteiger partial charge is 0.318 e. The lowest BCUT2D eigenvalue weighted by Crippen LogP contribution is -2.34. The molecule has 0 saturated carbocycles. The van der Waals surface area contributed by atoms with Gasteiger partial charge < -0.3 is 19.6 Å². The molecule has 0 unspecified atom stereocenters. The Bertz CT molecular complexity index is 488. The predicted octanol–water partition coefficient (Wildman–Crippen LogP) is 2.23. The highest BCUT2D eigenvalue weighted by molar-refractivity contribution is 7.75. The van der Waals surface area contributed by atoms with Gasteiger partial charge in [-0.05, 0) is 49.5 Å². The third-order valence-electron chi connectivity index (χ3n) is 4.05. The quantitative estimate of drug-likeness (QED) is 0.496. The van der Waals surface area contributed by atoms with Crippen molar-refractivity contribution < 1.29 is 13.7 Å². The van der Waals surface area contributed by atoms with E-state index >= 15 is 0 Å². The van der Waals surface area contributed by atoms with Gasteiger partial charge in [-0.2, -0.15) is 0 Å². The summed E-state index contributed by atoms with van der Waals surface area (Å²) in [5.41, 5.74) is 7.79. The maximum absolute atomic E-state index is 11.1. The van der Waals surface area contributed by atoms with Gasteiger partial charge in [0.1, 0.15) is 5.75 Å². The number of carbonyl (C=O) groups excluding carboxylic acids is 1. The molecule has 0 aliphatic carbocycles. The number of benzene rings is 1. The van der Waals surface area contributed by atoms with Gasteiger partial charge in [0.15, 0.2) is 0 Å². The van der Waals surface area contributed by atoms with E-state index in [1.165, 1.54) is 5.56 Å². The third-order valence-corrected chi connectivity index (χ3v) is 4.25. The Morgan fingerprint density at radius 2 is 2.14 bits per heavy atom. The summed E-state index contributed by atoms with van der Waals surface area (Å²) < 4.78 is 9.65. The van der Waals surface area contributed by atoms with Crippen molar-refractivity contribution in [2.75, 3.05) is 32.5 Å². The number of carbonyl (C=O) groups is 1. The van der Waals surface area contributed by atoms with Gasteiger partial charge in [-0.1, -0.05) is 6.07 Å². The highest BCUT2D eigenvalue weighted by Gasteiger charge is 2.21. The van der Waals surface area contributed by atoms with E-state index in [-0.39, 0.29) is 5.97 Å². The largest absolute Gasteiger partial charge is 0.495 e. The molecule has 1 aliphatic rings. The molecule has 1 aromatic carbocycles. The van der Waals surface area contributed by atoms with Crippen LogP contribution in [0.4, 0.5) is 5.69 Å². The van der Waals surface area contributed by atoms with Crippen molar-refractivity contribution in [3.05, 3.63) is 23.8 Å². The SMILES string of the molecule is COc1cc(C2CCN(CCC(=O)OS)CC2)ccc1N. The molecule has 5 nitrogen and oxygen atoms in total. The number of piperidine rings is 1. The molecule has 0 radical (unpaired) electrons. The highest BCUT2D eigenvalue weighted by atomic mass is 32.1. The Morgan fingerprint density at radius 1 is 1.43 bits per heavy atom. The number of hydrogen-bond acceptors (Lipinski definition) is 6. The van der Waals surface area contributed by atoms with Crippen molar-refractivity contribution in [1.82, 2.24) is 4.90 Å². The average Bonchev–Trinajstić information content (AvgIpc) is 2.53. The number of hydrogen-bond donors (Lipinski definition) is 2. The van der Waals surface area contributed by atoms with E-state index in [9.17, 15) is 4.79 Å². The fourth-order valence-corrected chi connectivity index (χ4v) is 2.86. The molecule has 0 amide bonds. The molecule has 21 heavy (non-hydrogen) atoms. The summed E-state index contributed by atoms with van der Waals surface area (Å²) >= 11 is 3.51. The second-order valence-electron chi connectivity index (χ2n) is 5.33. The van der Waals surface area contributed by atoms with E-state index in [1.807, 2.05) is 12.1 Å². The van der Waals surface area contributed by atoms with Gasteiger partial charge in [0, 0.05) is 19.5 Å². The van der Waals surface area contributed by atoms with Crippen molar-refractivity contribution in [3.63, 3.8) is 0 Å². The molecular weight excluding hydrogens is 288 g/mol. The topological polar surface area (TPSA) is 64.8 Å². The molecule has 1 fully saturated rings. The van der Waals surface area contributed by atoms with Crippen LogP contribution in [-0.4, -0.2) is 37.6 Å². The molecule has 116 valence electrons. The van der Waals surface area contributed by atoms with Gasteiger partial charge >= 0.3 is 5.97 Å². The van der Waals surface area contributed by atoms with Crippen LogP contribution in [0, 0.1) is 0 Å². The van der Waals surface area contributed by atoms with Crippen LogP contribution >= 0.6 is 12.9 Å². The molecule has 6 heteroatoms. The Hall–Kier alpha value is -1.40. The molecule has 0 spiro atoms. The summed E-state index contributed by atoms with van der Waals surface area (Å²) in [6.07, 6.45) is 2.54. The Labute approximate surface area is 131 Å². The van der Waals surface area contributed by atoms with E-state index in [0.717, 1.165) is 38.2 Å². The number of ether oxygens (including phenoxy) is 1. The molecule has 1 heterocycles. The summed E-state index contributed by atoms with van der Waals surface area (Å²) in [5, 5.41) is 0. The summed E-state index contributed by atoms with van der Waals surface area (Å²) in [6.45, 7) is 2.70. The molecule has 1 saturated heterocycles. The fraction of sp³-hybridized carbons (Fsp3) is 0.533. The summed E-state index contributed by atoms with van der Waals surface area (Å²) in [5.74, 6) is 0.989. The molecule has 0 atom stereocenters.